The summed E-state index contributed by atoms with van der Waals surface area (Å²) in [6.07, 6.45) is 1.46. The molecule has 0 radical (unpaired) electrons. The molecule has 0 aliphatic rings. The van der Waals surface area contributed by atoms with Crippen molar-refractivity contribution in [2.24, 2.45) is 5.10 Å². The van der Waals surface area contributed by atoms with E-state index in [0.717, 1.165) is 8.95 Å². The van der Waals surface area contributed by atoms with Gasteiger partial charge in [0.25, 0.3) is 5.56 Å². The first kappa shape index (κ1) is 21.2. The normalized spacial score (nSPS) is 11.5. The Morgan fingerprint density at radius 2 is 1.93 bits per heavy atom. The number of hydrogen-bond acceptors (Lipinski definition) is 5. The van der Waals surface area contributed by atoms with Gasteiger partial charge in [0.1, 0.15) is 11.6 Å². The number of rotatable bonds is 6. The summed E-state index contributed by atoms with van der Waals surface area (Å²) in [5.41, 5.74) is 0.831. The van der Waals surface area contributed by atoms with Crippen LogP contribution in [0.3, 0.4) is 0 Å². The molecule has 1 aromatic heterocycles. The van der Waals surface area contributed by atoms with Crippen LogP contribution in [0.4, 0.5) is 0 Å². The molecule has 2 aromatic carbocycles. The van der Waals surface area contributed by atoms with Crippen LogP contribution in [0.1, 0.15) is 31.2 Å². The average Bonchev–Trinajstić information content (AvgIpc) is 2.66. The Balaban J connectivity index is 2.12. The molecule has 29 heavy (non-hydrogen) atoms. The van der Waals surface area contributed by atoms with Crippen molar-refractivity contribution in [3.8, 4) is 5.75 Å². The Morgan fingerprint density at radius 3 is 2.62 bits per heavy atom. The van der Waals surface area contributed by atoms with Gasteiger partial charge in [0.05, 0.1) is 17.1 Å². The highest BCUT2D eigenvalue weighted by atomic mass is 79.9. The van der Waals surface area contributed by atoms with Gasteiger partial charge < -0.3 is 9.84 Å². The summed E-state index contributed by atoms with van der Waals surface area (Å²) >= 11 is 6.75. The van der Waals surface area contributed by atoms with Crippen LogP contribution in [0.2, 0.25) is 0 Å². The quantitative estimate of drug-likeness (QED) is 0.484. The zero-order chi connectivity index (χ0) is 21.1. The van der Waals surface area contributed by atoms with Crippen LogP contribution >= 0.6 is 31.9 Å². The van der Waals surface area contributed by atoms with E-state index in [1.54, 1.807) is 30.3 Å². The van der Waals surface area contributed by atoms with Crippen LogP contribution in [0.25, 0.3) is 10.9 Å². The average molecular weight is 523 g/mol. The summed E-state index contributed by atoms with van der Waals surface area (Å²) < 4.78 is 8.11. The smallest absolute Gasteiger partial charge is 0.341 e. The monoisotopic (exact) mass is 521 g/mol. The number of carbonyl (C=O) groups is 1. The number of halogens is 2. The molecule has 150 valence electrons. The van der Waals surface area contributed by atoms with Gasteiger partial charge in [0, 0.05) is 20.4 Å². The fraction of sp³-hybridized carbons (Fsp3) is 0.200. The van der Waals surface area contributed by atoms with Crippen LogP contribution in [0.15, 0.2) is 55.2 Å². The van der Waals surface area contributed by atoms with Crippen molar-refractivity contribution in [3.05, 3.63) is 67.1 Å². The third-order valence-corrected chi connectivity index (χ3v) is 4.97. The number of benzene rings is 2. The predicted molar refractivity (Wildman–Crippen MR) is 118 cm³/mol. The van der Waals surface area contributed by atoms with Gasteiger partial charge in [-0.3, -0.25) is 4.79 Å². The maximum atomic E-state index is 13.1. The largest absolute Gasteiger partial charge is 0.481 e. The van der Waals surface area contributed by atoms with E-state index in [-0.39, 0.29) is 11.5 Å². The molecule has 1 N–H and O–H groups in total. The second-order valence-electron chi connectivity index (χ2n) is 6.51. The lowest BCUT2D eigenvalue weighted by molar-refractivity contribution is -0.139. The van der Waals surface area contributed by atoms with Crippen LogP contribution in [0.5, 0.6) is 5.75 Å². The van der Waals surface area contributed by atoms with Crippen molar-refractivity contribution in [2.75, 3.05) is 6.61 Å². The van der Waals surface area contributed by atoms with Crippen LogP contribution in [-0.2, 0) is 4.79 Å². The van der Waals surface area contributed by atoms with Gasteiger partial charge in [0.15, 0.2) is 6.61 Å². The number of carboxylic acid groups (broad SMARTS) is 1. The Morgan fingerprint density at radius 1 is 1.24 bits per heavy atom. The van der Waals surface area contributed by atoms with Crippen molar-refractivity contribution in [1.29, 1.82) is 0 Å². The summed E-state index contributed by atoms with van der Waals surface area (Å²) in [4.78, 5) is 28.5. The van der Waals surface area contributed by atoms with E-state index in [9.17, 15) is 9.59 Å². The van der Waals surface area contributed by atoms with Crippen LogP contribution < -0.4 is 10.3 Å². The molecule has 0 amide bonds. The van der Waals surface area contributed by atoms with Crippen LogP contribution in [-0.4, -0.2) is 33.6 Å². The molecule has 0 bridgehead atoms. The van der Waals surface area contributed by atoms with E-state index in [1.807, 2.05) is 19.9 Å². The molecule has 9 heteroatoms. The van der Waals surface area contributed by atoms with E-state index < -0.39 is 12.6 Å². The Bertz CT molecular complexity index is 1170. The van der Waals surface area contributed by atoms with Gasteiger partial charge in [-0.05, 0) is 36.4 Å². The van der Waals surface area contributed by atoms with Crippen molar-refractivity contribution < 1.29 is 14.6 Å². The van der Waals surface area contributed by atoms with E-state index >= 15 is 0 Å². The standard InChI is InChI=1S/C20H17Br2N3O4/c1-11(2)19-24-16-5-3-14(22)8-15(16)20(28)25(19)23-9-12-7-13(21)4-6-17(12)29-10-18(26)27/h3-9,11H,10H2,1-2H3,(H,26,27). The molecule has 3 aromatic rings. The maximum Gasteiger partial charge on any atom is 0.341 e. The Hall–Kier alpha value is -2.52. The SMILES string of the molecule is CC(C)c1nc2ccc(Br)cc2c(=O)n1N=Cc1cc(Br)ccc1OCC(=O)O. The van der Waals surface area contributed by atoms with Crippen molar-refractivity contribution in [3.63, 3.8) is 0 Å². The van der Waals surface area contributed by atoms with Gasteiger partial charge in [0.2, 0.25) is 0 Å². The molecule has 0 spiro atoms. The van der Waals surface area contributed by atoms with Crippen molar-refractivity contribution in [2.45, 2.75) is 19.8 Å². The molecule has 0 atom stereocenters. The molecule has 7 nitrogen and oxygen atoms in total. The molecule has 1 heterocycles. The first-order valence-electron chi connectivity index (χ1n) is 8.67. The minimum absolute atomic E-state index is 0.0434. The second kappa shape index (κ2) is 8.87. The van der Waals surface area contributed by atoms with E-state index in [0.29, 0.717) is 28.0 Å². The summed E-state index contributed by atoms with van der Waals surface area (Å²) in [5, 5.41) is 13.7. The van der Waals surface area contributed by atoms with Gasteiger partial charge in [-0.2, -0.15) is 9.78 Å². The van der Waals surface area contributed by atoms with E-state index in [2.05, 4.69) is 41.9 Å². The fourth-order valence-corrected chi connectivity index (χ4v) is 3.40. The number of aromatic nitrogens is 2. The number of ether oxygens (including phenoxy) is 1. The predicted octanol–water partition coefficient (Wildman–Crippen LogP) is 4.39. The lowest BCUT2D eigenvalue weighted by atomic mass is 10.2. The Labute approximate surface area is 183 Å². The Kier molecular flexibility index (Phi) is 6.49. The zero-order valence-electron chi connectivity index (χ0n) is 15.6. The number of hydrogen-bond donors (Lipinski definition) is 1. The molecule has 0 saturated carbocycles. The van der Waals surface area contributed by atoms with E-state index in [1.165, 1.54) is 10.9 Å². The first-order valence-corrected chi connectivity index (χ1v) is 10.3. The molecular weight excluding hydrogens is 506 g/mol. The van der Waals surface area contributed by atoms with Crippen molar-refractivity contribution >= 4 is 54.9 Å². The van der Waals surface area contributed by atoms with Crippen LogP contribution in [0, 0.1) is 0 Å². The summed E-state index contributed by atoms with van der Waals surface area (Å²) in [7, 11) is 0. The summed E-state index contributed by atoms with van der Waals surface area (Å²) in [6.45, 7) is 3.38. The van der Waals surface area contributed by atoms with E-state index in [4.69, 9.17) is 9.84 Å². The maximum absolute atomic E-state index is 13.1. The zero-order valence-corrected chi connectivity index (χ0v) is 18.8. The minimum Gasteiger partial charge on any atom is -0.481 e. The number of carboxylic acids is 1. The molecular formula is C20H17Br2N3O4. The molecule has 0 aliphatic heterocycles. The topological polar surface area (TPSA) is 93.8 Å². The highest BCUT2D eigenvalue weighted by Crippen LogP contribution is 2.23. The molecule has 3 rings (SSSR count). The summed E-state index contributed by atoms with van der Waals surface area (Å²) in [5.74, 6) is -0.268. The number of nitrogens with zero attached hydrogens (tertiary/aromatic N) is 3. The first-order chi connectivity index (χ1) is 13.8. The van der Waals surface area contributed by atoms with Gasteiger partial charge in [-0.25, -0.2) is 9.78 Å². The lowest BCUT2D eigenvalue weighted by Gasteiger charge is -2.12. The third kappa shape index (κ3) is 4.91. The third-order valence-electron chi connectivity index (χ3n) is 3.99. The lowest BCUT2D eigenvalue weighted by Crippen LogP contribution is -2.23. The molecule has 0 aliphatic carbocycles. The number of fused-ring (bicyclic) bond motifs is 1. The highest BCUT2D eigenvalue weighted by molar-refractivity contribution is 9.10. The molecule has 0 unspecified atom stereocenters. The second-order valence-corrected chi connectivity index (χ2v) is 8.34. The van der Waals surface area contributed by atoms with Gasteiger partial charge in [-0.1, -0.05) is 45.7 Å². The number of aliphatic carboxylic acids is 1. The van der Waals surface area contributed by atoms with Gasteiger partial charge >= 0.3 is 5.97 Å². The summed E-state index contributed by atoms with van der Waals surface area (Å²) in [6, 6.07) is 10.4. The van der Waals surface area contributed by atoms with Gasteiger partial charge in [-0.15, -0.1) is 0 Å². The minimum atomic E-state index is -1.08. The molecule has 0 fully saturated rings. The molecule has 0 saturated heterocycles. The van der Waals surface area contributed by atoms with Crippen molar-refractivity contribution in [1.82, 2.24) is 9.66 Å². The fourth-order valence-electron chi connectivity index (χ4n) is 2.66. The highest BCUT2D eigenvalue weighted by Gasteiger charge is 2.14.